The first-order valence-electron chi connectivity index (χ1n) is 9.48. The van der Waals surface area contributed by atoms with E-state index in [0.29, 0.717) is 17.9 Å². The summed E-state index contributed by atoms with van der Waals surface area (Å²) in [4.78, 5) is 17.1. The van der Waals surface area contributed by atoms with Crippen molar-refractivity contribution in [2.75, 3.05) is 26.2 Å². The molecule has 1 aromatic carbocycles. The predicted molar refractivity (Wildman–Crippen MR) is 94.1 cm³/mol. The lowest BCUT2D eigenvalue weighted by Gasteiger charge is -2.31. The number of nitrogens with zero attached hydrogens (tertiary/aromatic N) is 2. The monoisotopic (exact) mass is 328 g/mol. The first-order valence-corrected chi connectivity index (χ1v) is 9.48. The van der Waals surface area contributed by atoms with E-state index in [1.165, 1.54) is 17.5 Å². The van der Waals surface area contributed by atoms with E-state index in [0.717, 1.165) is 64.2 Å². The summed E-state index contributed by atoms with van der Waals surface area (Å²) in [6.07, 6.45) is 5.86. The lowest BCUT2D eigenvalue weighted by molar-refractivity contribution is -0.138. The van der Waals surface area contributed by atoms with Crippen LogP contribution < -0.4 is 4.74 Å². The van der Waals surface area contributed by atoms with Gasteiger partial charge >= 0.3 is 0 Å². The summed E-state index contributed by atoms with van der Waals surface area (Å²) in [6.45, 7) is 7.00. The first-order chi connectivity index (χ1) is 11.7. The molecule has 0 spiro atoms. The molecule has 1 aliphatic carbocycles. The zero-order valence-corrected chi connectivity index (χ0v) is 14.7. The highest BCUT2D eigenvalue weighted by molar-refractivity contribution is 5.79. The number of amides is 1. The molecule has 4 rings (SSSR count). The fourth-order valence-corrected chi connectivity index (χ4v) is 4.09. The van der Waals surface area contributed by atoms with Gasteiger partial charge in [0.25, 0.3) is 0 Å². The highest BCUT2D eigenvalue weighted by Crippen LogP contribution is 2.30. The fourth-order valence-electron chi connectivity index (χ4n) is 4.09. The van der Waals surface area contributed by atoms with Gasteiger partial charge in [-0.25, -0.2) is 0 Å². The molecule has 1 saturated carbocycles. The van der Waals surface area contributed by atoms with Gasteiger partial charge < -0.3 is 9.64 Å². The molecule has 4 nitrogen and oxygen atoms in total. The number of hydrogen-bond donors (Lipinski definition) is 0. The maximum Gasteiger partial charge on any atom is 0.225 e. The Kier molecular flexibility index (Phi) is 4.49. The van der Waals surface area contributed by atoms with Crippen molar-refractivity contribution in [3.05, 3.63) is 29.3 Å². The Balaban J connectivity index is 1.34. The van der Waals surface area contributed by atoms with Gasteiger partial charge in [0.1, 0.15) is 11.9 Å². The normalized spacial score (nSPS) is 24.9. The standard InChI is InChI=1S/C20H28N2O2/c1-15-12-18-13-16(6-7-19(18)24-15)14-21-8-3-9-22(11-10-21)20(23)17-4-2-5-17/h6-7,13,15,17H,2-5,8-12,14H2,1H3/t15-/m0/s1. The number of ether oxygens (including phenoxy) is 1. The van der Waals surface area contributed by atoms with Crippen LogP contribution in [0.25, 0.3) is 0 Å². The Bertz CT molecular complexity index is 612. The van der Waals surface area contributed by atoms with Crippen molar-refractivity contribution in [3.8, 4) is 5.75 Å². The molecule has 1 aromatic rings. The third-order valence-corrected chi connectivity index (χ3v) is 5.72. The summed E-state index contributed by atoms with van der Waals surface area (Å²) in [7, 11) is 0. The average Bonchev–Trinajstić information content (AvgIpc) is 2.72. The molecule has 1 atom stereocenters. The van der Waals surface area contributed by atoms with E-state index >= 15 is 0 Å². The van der Waals surface area contributed by atoms with Crippen molar-refractivity contribution in [1.29, 1.82) is 0 Å². The van der Waals surface area contributed by atoms with E-state index in [-0.39, 0.29) is 0 Å². The Labute approximate surface area is 144 Å². The SMILES string of the molecule is C[C@H]1Cc2cc(CN3CCCN(C(=O)C4CCC4)CC3)ccc2O1. The molecule has 0 unspecified atom stereocenters. The van der Waals surface area contributed by atoms with E-state index < -0.39 is 0 Å². The van der Waals surface area contributed by atoms with Crippen molar-refractivity contribution in [2.45, 2.75) is 51.7 Å². The second kappa shape index (κ2) is 6.75. The maximum absolute atomic E-state index is 12.5. The summed E-state index contributed by atoms with van der Waals surface area (Å²) >= 11 is 0. The molecule has 0 radical (unpaired) electrons. The van der Waals surface area contributed by atoms with Crippen LogP contribution in [0.15, 0.2) is 18.2 Å². The van der Waals surface area contributed by atoms with Crippen LogP contribution in [0.1, 0.15) is 43.7 Å². The Morgan fingerprint density at radius 3 is 2.83 bits per heavy atom. The van der Waals surface area contributed by atoms with Crippen LogP contribution in [-0.4, -0.2) is 48.0 Å². The van der Waals surface area contributed by atoms with Crippen LogP contribution in [0, 0.1) is 5.92 Å². The highest BCUT2D eigenvalue weighted by Gasteiger charge is 2.30. The lowest BCUT2D eigenvalue weighted by atomic mass is 9.84. The zero-order valence-electron chi connectivity index (χ0n) is 14.7. The molecular formula is C20H28N2O2. The molecule has 24 heavy (non-hydrogen) atoms. The minimum Gasteiger partial charge on any atom is -0.490 e. The summed E-state index contributed by atoms with van der Waals surface area (Å²) < 4.78 is 5.79. The molecule has 2 aliphatic heterocycles. The molecule has 2 heterocycles. The third kappa shape index (κ3) is 3.30. The lowest BCUT2D eigenvalue weighted by Crippen LogP contribution is -2.41. The molecule has 2 fully saturated rings. The molecule has 1 saturated heterocycles. The molecular weight excluding hydrogens is 300 g/mol. The molecule has 4 heteroatoms. The summed E-state index contributed by atoms with van der Waals surface area (Å²) in [5.74, 6) is 1.79. The van der Waals surface area contributed by atoms with Gasteiger partial charge in [0, 0.05) is 45.1 Å². The number of rotatable bonds is 3. The molecule has 3 aliphatic rings. The number of benzene rings is 1. The van der Waals surface area contributed by atoms with Gasteiger partial charge in [0.2, 0.25) is 5.91 Å². The molecule has 1 amide bonds. The van der Waals surface area contributed by atoms with Gasteiger partial charge in [0.15, 0.2) is 0 Å². The Hall–Kier alpha value is -1.55. The van der Waals surface area contributed by atoms with Gasteiger partial charge in [-0.3, -0.25) is 9.69 Å². The quantitative estimate of drug-likeness (QED) is 0.855. The van der Waals surface area contributed by atoms with Gasteiger partial charge in [-0.2, -0.15) is 0 Å². The van der Waals surface area contributed by atoms with Gasteiger partial charge in [-0.1, -0.05) is 18.6 Å². The zero-order chi connectivity index (χ0) is 16.5. The van der Waals surface area contributed by atoms with Crippen molar-refractivity contribution in [3.63, 3.8) is 0 Å². The van der Waals surface area contributed by atoms with Crippen molar-refractivity contribution < 1.29 is 9.53 Å². The minimum atomic E-state index is 0.305. The van der Waals surface area contributed by atoms with Crippen LogP contribution in [0.3, 0.4) is 0 Å². The predicted octanol–water partition coefficient (Wildman–Crippen LogP) is 2.84. The van der Waals surface area contributed by atoms with E-state index in [2.05, 4.69) is 34.9 Å². The fraction of sp³-hybridized carbons (Fsp3) is 0.650. The van der Waals surface area contributed by atoms with Crippen molar-refractivity contribution in [2.24, 2.45) is 5.92 Å². The maximum atomic E-state index is 12.5. The number of carbonyl (C=O) groups excluding carboxylic acids is 1. The van der Waals surface area contributed by atoms with Crippen molar-refractivity contribution >= 4 is 5.91 Å². The minimum absolute atomic E-state index is 0.305. The largest absolute Gasteiger partial charge is 0.490 e. The third-order valence-electron chi connectivity index (χ3n) is 5.72. The van der Waals surface area contributed by atoms with E-state index in [1.807, 2.05) is 0 Å². The topological polar surface area (TPSA) is 32.8 Å². The van der Waals surface area contributed by atoms with E-state index in [9.17, 15) is 4.79 Å². The Morgan fingerprint density at radius 1 is 1.17 bits per heavy atom. The number of hydrogen-bond acceptors (Lipinski definition) is 3. The molecule has 130 valence electrons. The van der Waals surface area contributed by atoms with Gasteiger partial charge in [0.05, 0.1) is 0 Å². The van der Waals surface area contributed by atoms with E-state index in [1.54, 1.807) is 0 Å². The highest BCUT2D eigenvalue weighted by atomic mass is 16.5. The number of fused-ring (bicyclic) bond motifs is 1. The first kappa shape index (κ1) is 15.9. The van der Waals surface area contributed by atoms with E-state index in [4.69, 9.17) is 4.74 Å². The molecule has 0 N–H and O–H groups in total. The number of carbonyl (C=O) groups is 1. The van der Waals surface area contributed by atoms with Crippen LogP contribution in [0.2, 0.25) is 0 Å². The summed E-state index contributed by atoms with van der Waals surface area (Å²) in [5, 5.41) is 0. The summed E-state index contributed by atoms with van der Waals surface area (Å²) in [5.41, 5.74) is 2.71. The van der Waals surface area contributed by atoms with Crippen LogP contribution >= 0.6 is 0 Å². The van der Waals surface area contributed by atoms with Gasteiger partial charge in [-0.05, 0) is 43.4 Å². The molecule has 0 aromatic heterocycles. The van der Waals surface area contributed by atoms with Crippen LogP contribution in [0.5, 0.6) is 5.75 Å². The Morgan fingerprint density at radius 2 is 2.04 bits per heavy atom. The second-order valence-electron chi connectivity index (χ2n) is 7.66. The average molecular weight is 328 g/mol. The van der Waals surface area contributed by atoms with Gasteiger partial charge in [-0.15, -0.1) is 0 Å². The van der Waals surface area contributed by atoms with Crippen LogP contribution in [0.4, 0.5) is 0 Å². The smallest absolute Gasteiger partial charge is 0.225 e. The van der Waals surface area contributed by atoms with Crippen LogP contribution in [-0.2, 0) is 17.8 Å². The molecule has 0 bridgehead atoms. The second-order valence-corrected chi connectivity index (χ2v) is 7.66. The van der Waals surface area contributed by atoms with Crippen molar-refractivity contribution in [1.82, 2.24) is 9.80 Å². The summed E-state index contributed by atoms with van der Waals surface area (Å²) in [6, 6.07) is 6.62.